The molecule has 5 rings (SSSR count). The molecular formula is C24H22N8O3. The highest BCUT2D eigenvalue weighted by Crippen LogP contribution is 2.25. The molecule has 35 heavy (non-hydrogen) atoms. The van der Waals surface area contributed by atoms with Crippen LogP contribution in [-0.2, 0) is 6.54 Å². The number of para-hydroxylation sites is 1. The molecule has 2 aromatic heterocycles. The van der Waals surface area contributed by atoms with Gasteiger partial charge in [0.2, 0.25) is 5.95 Å². The van der Waals surface area contributed by atoms with E-state index in [9.17, 15) is 9.59 Å². The number of nitrogens with zero attached hydrogens (tertiary/aromatic N) is 5. The molecule has 0 spiro atoms. The van der Waals surface area contributed by atoms with Gasteiger partial charge in [-0.1, -0.05) is 24.3 Å². The van der Waals surface area contributed by atoms with Gasteiger partial charge in [-0.25, -0.2) is 0 Å². The summed E-state index contributed by atoms with van der Waals surface area (Å²) in [5.74, 6) is 0.0758. The Balaban J connectivity index is 1.62. The average Bonchev–Trinajstić information content (AvgIpc) is 3.32. The number of nitrogens with two attached hydrogens (primary N) is 1. The van der Waals surface area contributed by atoms with Crippen molar-refractivity contribution >= 4 is 23.0 Å². The number of anilines is 1. The number of benzene rings is 2. The first kappa shape index (κ1) is 22.1. The van der Waals surface area contributed by atoms with Crippen LogP contribution in [0.25, 0.3) is 11.2 Å². The minimum Gasteiger partial charge on any atom is -0.425 e. The van der Waals surface area contributed by atoms with E-state index in [0.717, 1.165) is 31.7 Å². The normalized spacial score (nSPS) is 13.5. The van der Waals surface area contributed by atoms with E-state index >= 15 is 0 Å². The van der Waals surface area contributed by atoms with Crippen LogP contribution in [0.1, 0.15) is 21.5 Å². The number of carbonyl (C=O) groups is 1. The molecule has 1 aliphatic rings. The fourth-order valence-corrected chi connectivity index (χ4v) is 3.92. The number of hydrogen-bond donors (Lipinski definition) is 3. The molecule has 4 aromatic rings. The lowest BCUT2D eigenvalue weighted by Crippen LogP contribution is -2.44. The SMILES string of the molecule is N#Cc1ccc(Cn2c(Oc3ccccc3C(N)=O)nc3nc(N4CCNCC4)[nH]c3c2=O)cc1. The minimum absolute atomic E-state index is 0.0288. The highest BCUT2D eigenvalue weighted by Gasteiger charge is 2.21. The number of primary amides is 1. The van der Waals surface area contributed by atoms with Gasteiger partial charge in [0.25, 0.3) is 11.5 Å². The molecule has 1 fully saturated rings. The lowest BCUT2D eigenvalue weighted by atomic mass is 10.1. The van der Waals surface area contributed by atoms with E-state index in [1.807, 2.05) is 4.90 Å². The lowest BCUT2D eigenvalue weighted by Gasteiger charge is -2.26. The van der Waals surface area contributed by atoms with Crippen LogP contribution in [0.15, 0.2) is 53.3 Å². The summed E-state index contributed by atoms with van der Waals surface area (Å²) in [5, 5.41) is 12.4. The van der Waals surface area contributed by atoms with E-state index in [0.29, 0.717) is 11.5 Å². The monoisotopic (exact) mass is 470 g/mol. The van der Waals surface area contributed by atoms with Gasteiger partial charge in [0.15, 0.2) is 11.2 Å². The van der Waals surface area contributed by atoms with Crippen molar-refractivity contribution in [2.75, 3.05) is 31.1 Å². The largest absolute Gasteiger partial charge is 0.425 e. The molecule has 1 amide bonds. The molecular weight excluding hydrogens is 448 g/mol. The number of hydrogen-bond acceptors (Lipinski definition) is 8. The van der Waals surface area contributed by atoms with Gasteiger partial charge in [-0.05, 0) is 29.8 Å². The third-order valence-corrected chi connectivity index (χ3v) is 5.76. The molecule has 0 atom stereocenters. The van der Waals surface area contributed by atoms with E-state index in [-0.39, 0.29) is 40.6 Å². The van der Waals surface area contributed by atoms with Crippen molar-refractivity contribution in [3.05, 3.63) is 75.6 Å². The average molecular weight is 470 g/mol. The van der Waals surface area contributed by atoms with Gasteiger partial charge in [0, 0.05) is 26.2 Å². The third kappa shape index (κ3) is 4.42. The number of aromatic amines is 1. The molecule has 0 aliphatic carbocycles. The van der Waals surface area contributed by atoms with Crippen LogP contribution in [0.4, 0.5) is 5.95 Å². The molecule has 1 aliphatic heterocycles. The van der Waals surface area contributed by atoms with E-state index in [4.69, 9.17) is 15.7 Å². The number of nitrogens with one attached hydrogen (secondary N) is 2. The Morgan fingerprint density at radius 2 is 1.86 bits per heavy atom. The number of nitriles is 1. The first-order chi connectivity index (χ1) is 17.0. The summed E-state index contributed by atoms with van der Waals surface area (Å²) in [6.45, 7) is 3.24. The van der Waals surface area contributed by atoms with E-state index in [2.05, 4.69) is 26.3 Å². The van der Waals surface area contributed by atoms with Crippen molar-refractivity contribution in [3.63, 3.8) is 0 Å². The Morgan fingerprint density at radius 3 is 2.57 bits per heavy atom. The van der Waals surface area contributed by atoms with E-state index < -0.39 is 5.91 Å². The molecule has 11 nitrogen and oxygen atoms in total. The molecule has 0 radical (unpaired) electrons. The van der Waals surface area contributed by atoms with Crippen LogP contribution < -0.4 is 26.2 Å². The molecule has 0 saturated carbocycles. The summed E-state index contributed by atoms with van der Waals surface area (Å²) in [4.78, 5) is 39.7. The summed E-state index contributed by atoms with van der Waals surface area (Å²) in [5.41, 5.74) is 7.03. The number of amides is 1. The standard InChI is InChI=1S/C24H22N8O3/c25-13-15-5-7-16(8-6-15)14-32-22(34)19-21(29-23(28-19)31-11-9-27-10-12-31)30-24(32)35-18-4-2-1-3-17(18)20(26)33/h1-8,27H,9-12,14H2,(H2,26,33)(H,28,29). The van der Waals surface area contributed by atoms with Crippen LogP contribution in [-0.4, -0.2) is 51.6 Å². The van der Waals surface area contributed by atoms with Gasteiger partial charge in [0.05, 0.1) is 23.7 Å². The zero-order valence-corrected chi connectivity index (χ0v) is 18.7. The maximum Gasteiger partial charge on any atom is 0.307 e. The molecule has 0 bridgehead atoms. The van der Waals surface area contributed by atoms with Crippen LogP contribution in [0.5, 0.6) is 11.8 Å². The predicted octanol–water partition coefficient (Wildman–Crippen LogP) is 1.34. The summed E-state index contributed by atoms with van der Waals surface area (Å²) in [6, 6.07) is 15.4. The maximum atomic E-state index is 13.6. The second-order valence-corrected chi connectivity index (χ2v) is 8.05. The van der Waals surface area contributed by atoms with Crippen LogP contribution in [0, 0.1) is 11.3 Å². The Kier molecular flexibility index (Phi) is 5.87. The number of aromatic nitrogens is 4. The Labute approximate surface area is 199 Å². The fraction of sp³-hybridized carbons (Fsp3) is 0.208. The molecule has 0 unspecified atom stereocenters. The van der Waals surface area contributed by atoms with E-state index in [1.54, 1.807) is 42.5 Å². The smallest absolute Gasteiger partial charge is 0.307 e. The van der Waals surface area contributed by atoms with Gasteiger partial charge in [-0.3, -0.25) is 14.2 Å². The third-order valence-electron chi connectivity index (χ3n) is 5.76. The van der Waals surface area contributed by atoms with Gasteiger partial charge < -0.3 is 25.7 Å². The molecule has 176 valence electrons. The van der Waals surface area contributed by atoms with Crippen molar-refractivity contribution in [2.24, 2.45) is 5.73 Å². The van der Waals surface area contributed by atoms with Crippen molar-refractivity contribution in [1.82, 2.24) is 24.8 Å². The first-order valence-electron chi connectivity index (χ1n) is 11.1. The molecule has 2 aromatic carbocycles. The second kappa shape index (κ2) is 9.28. The molecule has 1 saturated heterocycles. The molecule has 11 heteroatoms. The highest BCUT2D eigenvalue weighted by atomic mass is 16.5. The van der Waals surface area contributed by atoms with Crippen molar-refractivity contribution < 1.29 is 9.53 Å². The summed E-state index contributed by atoms with van der Waals surface area (Å²) in [7, 11) is 0. The molecule has 4 N–H and O–H groups in total. The number of ether oxygens (including phenoxy) is 1. The fourth-order valence-electron chi connectivity index (χ4n) is 3.92. The lowest BCUT2D eigenvalue weighted by molar-refractivity contribution is 0.0998. The first-order valence-corrected chi connectivity index (χ1v) is 11.1. The summed E-state index contributed by atoms with van der Waals surface area (Å²) >= 11 is 0. The molecule has 3 heterocycles. The number of imidazole rings is 1. The maximum absolute atomic E-state index is 13.6. The van der Waals surface area contributed by atoms with Crippen molar-refractivity contribution in [3.8, 4) is 17.8 Å². The predicted molar refractivity (Wildman–Crippen MR) is 129 cm³/mol. The topological polar surface area (TPSA) is 155 Å². The Hall–Kier alpha value is -4.69. The van der Waals surface area contributed by atoms with Gasteiger partial charge in [-0.15, -0.1) is 0 Å². The number of rotatable bonds is 6. The number of fused-ring (bicyclic) bond motifs is 1. The highest BCUT2D eigenvalue weighted by molar-refractivity contribution is 5.95. The number of H-pyrrole nitrogens is 1. The number of carbonyl (C=O) groups excluding carboxylic acids is 1. The Morgan fingerprint density at radius 1 is 1.11 bits per heavy atom. The zero-order valence-electron chi connectivity index (χ0n) is 18.7. The van der Waals surface area contributed by atoms with Crippen LogP contribution in [0.2, 0.25) is 0 Å². The second-order valence-electron chi connectivity index (χ2n) is 8.05. The van der Waals surface area contributed by atoms with Gasteiger partial charge in [0.1, 0.15) is 5.75 Å². The number of piperazine rings is 1. The summed E-state index contributed by atoms with van der Waals surface area (Å²) < 4.78 is 7.35. The van der Waals surface area contributed by atoms with Gasteiger partial charge in [-0.2, -0.15) is 15.2 Å². The van der Waals surface area contributed by atoms with E-state index in [1.165, 1.54) is 10.6 Å². The van der Waals surface area contributed by atoms with Crippen molar-refractivity contribution in [1.29, 1.82) is 5.26 Å². The Bertz CT molecular complexity index is 1490. The van der Waals surface area contributed by atoms with Crippen LogP contribution >= 0.6 is 0 Å². The van der Waals surface area contributed by atoms with Crippen molar-refractivity contribution in [2.45, 2.75) is 6.54 Å². The minimum atomic E-state index is -0.663. The van der Waals surface area contributed by atoms with Crippen LogP contribution in [0.3, 0.4) is 0 Å². The van der Waals surface area contributed by atoms with Gasteiger partial charge >= 0.3 is 6.01 Å². The zero-order chi connectivity index (χ0) is 24.4. The summed E-state index contributed by atoms with van der Waals surface area (Å²) in [6.07, 6.45) is 0. The quantitative estimate of drug-likeness (QED) is 0.381.